The summed E-state index contributed by atoms with van der Waals surface area (Å²) < 4.78 is 0. The standard InChI is InChI=1S/C21H24N4O2S2/c1-5-25(6-2)21(27)15-7-9-16(10-8-15)24-17(26)11-28-19-18-13(3)14(4)29-20(18)23-12-22-19/h7-10,12H,5-6,11H2,1-4H3,(H,24,26). The van der Waals surface area contributed by atoms with Gasteiger partial charge in [-0.2, -0.15) is 0 Å². The van der Waals surface area contributed by atoms with E-state index in [2.05, 4.69) is 29.1 Å². The van der Waals surface area contributed by atoms with E-state index in [9.17, 15) is 9.59 Å². The van der Waals surface area contributed by atoms with E-state index in [-0.39, 0.29) is 17.6 Å². The molecule has 0 saturated heterocycles. The Kier molecular flexibility index (Phi) is 6.87. The molecule has 0 radical (unpaired) electrons. The molecule has 3 aromatic rings. The molecule has 29 heavy (non-hydrogen) atoms. The van der Waals surface area contributed by atoms with Gasteiger partial charge in [-0.25, -0.2) is 9.97 Å². The fourth-order valence-electron chi connectivity index (χ4n) is 2.98. The molecule has 2 aromatic heterocycles. The molecule has 0 bridgehead atoms. The topological polar surface area (TPSA) is 75.2 Å². The summed E-state index contributed by atoms with van der Waals surface area (Å²) in [5.41, 5.74) is 2.46. The summed E-state index contributed by atoms with van der Waals surface area (Å²) in [5, 5.41) is 4.74. The summed E-state index contributed by atoms with van der Waals surface area (Å²) in [7, 11) is 0. The van der Waals surface area contributed by atoms with Gasteiger partial charge in [-0.3, -0.25) is 9.59 Å². The first kappa shape index (κ1) is 21.3. The number of thiophene rings is 1. The molecule has 0 atom stereocenters. The Bertz CT molecular complexity index is 1030. The van der Waals surface area contributed by atoms with Gasteiger partial charge in [-0.05, 0) is 57.5 Å². The fraction of sp³-hybridized carbons (Fsp3) is 0.333. The molecule has 0 unspecified atom stereocenters. The zero-order chi connectivity index (χ0) is 21.0. The molecular weight excluding hydrogens is 404 g/mol. The van der Waals surface area contributed by atoms with Crippen LogP contribution in [0, 0.1) is 13.8 Å². The number of aromatic nitrogens is 2. The number of rotatable bonds is 7. The summed E-state index contributed by atoms with van der Waals surface area (Å²) >= 11 is 3.05. The summed E-state index contributed by atoms with van der Waals surface area (Å²) in [4.78, 5) is 37.4. The van der Waals surface area contributed by atoms with Crippen LogP contribution in [0.1, 0.15) is 34.6 Å². The van der Waals surface area contributed by atoms with Crippen LogP contribution in [0.15, 0.2) is 35.6 Å². The maximum absolute atomic E-state index is 12.4. The molecule has 152 valence electrons. The highest BCUT2D eigenvalue weighted by atomic mass is 32.2. The number of thioether (sulfide) groups is 1. The predicted octanol–water partition coefficient (Wildman–Crippen LogP) is 4.52. The zero-order valence-corrected chi connectivity index (χ0v) is 18.6. The Morgan fingerprint density at radius 1 is 1.10 bits per heavy atom. The third kappa shape index (κ3) is 4.76. The normalized spacial score (nSPS) is 10.9. The van der Waals surface area contributed by atoms with Crippen molar-refractivity contribution in [2.24, 2.45) is 0 Å². The first-order chi connectivity index (χ1) is 13.9. The van der Waals surface area contributed by atoms with Gasteiger partial charge in [0.15, 0.2) is 0 Å². The highest BCUT2D eigenvalue weighted by molar-refractivity contribution is 8.00. The van der Waals surface area contributed by atoms with Crippen LogP contribution in [0.3, 0.4) is 0 Å². The van der Waals surface area contributed by atoms with Crippen LogP contribution < -0.4 is 5.32 Å². The smallest absolute Gasteiger partial charge is 0.253 e. The minimum Gasteiger partial charge on any atom is -0.339 e. The van der Waals surface area contributed by atoms with Gasteiger partial charge in [0.05, 0.1) is 5.75 Å². The summed E-state index contributed by atoms with van der Waals surface area (Å²) in [6.45, 7) is 9.38. The Morgan fingerprint density at radius 3 is 2.45 bits per heavy atom. The second kappa shape index (κ2) is 9.37. The van der Waals surface area contributed by atoms with E-state index >= 15 is 0 Å². The van der Waals surface area contributed by atoms with Crippen molar-refractivity contribution in [3.05, 3.63) is 46.6 Å². The third-order valence-corrected chi connectivity index (χ3v) is 6.84. The molecule has 0 aliphatic heterocycles. The Balaban J connectivity index is 1.62. The summed E-state index contributed by atoms with van der Waals surface area (Å²) in [5.74, 6) is 0.132. The first-order valence-electron chi connectivity index (χ1n) is 9.47. The fourth-order valence-corrected chi connectivity index (χ4v) is 4.90. The van der Waals surface area contributed by atoms with E-state index in [0.717, 1.165) is 15.2 Å². The van der Waals surface area contributed by atoms with Crippen molar-refractivity contribution in [2.45, 2.75) is 32.7 Å². The Morgan fingerprint density at radius 2 is 1.79 bits per heavy atom. The van der Waals surface area contributed by atoms with Crippen molar-refractivity contribution in [1.29, 1.82) is 0 Å². The van der Waals surface area contributed by atoms with Crippen LogP contribution in [0.2, 0.25) is 0 Å². The van der Waals surface area contributed by atoms with E-state index in [0.29, 0.717) is 24.3 Å². The van der Waals surface area contributed by atoms with Gasteiger partial charge in [-0.1, -0.05) is 11.8 Å². The van der Waals surface area contributed by atoms with E-state index in [1.807, 2.05) is 13.8 Å². The van der Waals surface area contributed by atoms with Gasteiger partial charge >= 0.3 is 0 Å². The average Bonchev–Trinajstić information content (AvgIpc) is 3.02. The number of fused-ring (bicyclic) bond motifs is 1. The number of aryl methyl sites for hydroxylation is 2. The summed E-state index contributed by atoms with van der Waals surface area (Å²) in [6, 6.07) is 7.01. The lowest BCUT2D eigenvalue weighted by molar-refractivity contribution is -0.113. The van der Waals surface area contributed by atoms with E-state index in [4.69, 9.17) is 0 Å². The monoisotopic (exact) mass is 428 g/mol. The second-order valence-electron chi connectivity index (χ2n) is 6.53. The van der Waals surface area contributed by atoms with Gasteiger partial charge in [0, 0.05) is 34.6 Å². The number of hydrogen-bond acceptors (Lipinski definition) is 6. The van der Waals surface area contributed by atoms with Gasteiger partial charge in [0.2, 0.25) is 5.91 Å². The zero-order valence-electron chi connectivity index (χ0n) is 17.0. The number of carbonyl (C=O) groups is 2. The van der Waals surface area contributed by atoms with Crippen LogP contribution in [0.25, 0.3) is 10.2 Å². The van der Waals surface area contributed by atoms with Crippen LogP contribution in [-0.2, 0) is 4.79 Å². The predicted molar refractivity (Wildman–Crippen MR) is 120 cm³/mol. The van der Waals surface area contributed by atoms with Crippen molar-refractivity contribution in [1.82, 2.24) is 14.9 Å². The maximum atomic E-state index is 12.4. The molecule has 0 fully saturated rings. The van der Waals surface area contributed by atoms with E-state index in [1.54, 1.807) is 46.8 Å². The number of hydrogen-bond donors (Lipinski definition) is 1. The number of nitrogens with one attached hydrogen (secondary N) is 1. The molecule has 3 rings (SSSR count). The molecule has 1 N–H and O–H groups in total. The largest absolute Gasteiger partial charge is 0.339 e. The number of amides is 2. The van der Waals surface area contributed by atoms with E-state index < -0.39 is 0 Å². The molecule has 2 amide bonds. The number of carbonyl (C=O) groups excluding carboxylic acids is 2. The van der Waals surface area contributed by atoms with E-state index in [1.165, 1.54) is 22.2 Å². The minimum atomic E-state index is -0.116. The van der Waals surface area contributed by atoms with Crippen molar-refractivity contribution in [3.8, 4) is 0 Å². The lowest BCUT2D eigenvalue weighted by Gasteiger charge is -2.18. The third-order valence-electron chi connectivity index (χ3n) is 4.74. The Labute approximate surface area is 178 Å². The average molecular weight is 429 g/mol. The lowest BCUT2D eigenvalue weighted by atomic mass is 10.2. The van der Waals surface area contributed by atoms with Crippen LogP contribution in [0.5, 0.6) is 0 Å². The molecule has 0 aliphatic rings. The number of nitrogens with zero attached hydrogens (tertiary/aromatic N) is 3. The molecule has 0 aliphatic carbocycles. The van der Waals surface area contributed by atoms with Crippen molar-refractivity contribution in [2.75, 3.05) is 24.2 Å². The second-order valence-corrected chi connectivity index (χ2v) is 8.70. The molecule has 0 saturated carbocycles. The van der Waals surface area contributed by atoms with Crippen molar-refractivity contribution in [3.63, 3.8) is 0 Å². The van der Waals surface area contributed by atoms with Crippen LogP contribution >= 0.6 is 23.1 Å². The van der Waals surface area contributed by atoms with Gasteiger partial charge in [0.25, 0.3) is 5.91 Å². The quantitative estimate of drug-likeness (QED) is 0.442. The van der Waals surface area contributed by atoms with Crippen LogP contribution in [-0.4, -0.2) is 45.5 Å². The number of anilines is 1. The Hall–Kier alpha value is -2.45. The molecule has 8 heteroatoms. The van der Waals surface area contributed by atoms with Crippen molar-refractivity contribution < 1.29 is 9.59 Å². The minimum absolute atomic E-state index is 0.00219. The SMILES string of the molecule is CCN(CC)C(=O)c1ccc(NC(=O)CSc2ncnc3sc(C)c(C)c23)cc1. The first-order valence-corrected chi connectivity index (χ1v) is 11.3. The maximum Gasteiger partial charge on any atom is 0.253 e. The highest BCUT2D eigenvalue weighted by Crippen LogP contribution is 2.34. The highest BCUT2D eigenvalue weighted by Gasteiger charge is 2.15. The molecule has 0 spiro atoms. The summed E-state index contributed by atoms with van der Waals surface area (Å²) in [6.07, 6.45) is 1.55. The molecule has 1 aromatic carbocycles. The van der Waals surface area contributed by atoms with Gasteiger partial charge in [-0.15, -0.1) is 11.3 Å². The molecule has 2 heterocycles. The molecule has 6 nitrogen and oxygen atoms in total. The molecular formula is C21H24N4O2S2. The lowest BCUT2D eigenvalue weighted by Crippen LogP contribution is -2.30. The van der Waals surface area contributed by atoms with Crippen LogP contribution in [0.4, 0.5) is 5.69 Å². The van der Waals surface area contributed by atoms with Gasteiger partial charge < -0.3 is 10.2 Å². The number of benzene rings is 1. The van der Waals surface area contributed by atoms with Crippen molar-refractivity contribution >= 4 is 50.8 Å². The van der Waals surface area contributed by atoms with Gasteiger partial charge in [0.1, 0.15) is 16.2 Å².